The first-order valence-electron chi connectivity index (χ1n) is 13.2. The van der Waals surface area contributed by atoms with Crippen LogP contribution in [-0.4, -0.2) is 50.2 Å². The number of hydrogen-bond acceptors (Lipinski definition) is 5. The van der Waals surface area contributed by atoms with Crippen LogP contribution in [0.5, 0.6) is 5.75 Å². The van der Waals surface area contributed by atoms with Gasteiger partial charge < -0.3 is 29.9 Å². The summed E-state index contributed by atoms with van der Waals surface area (Å²) in [7, 11) is 1.57. The third-order valence-corrected chi connectivity index (χ3v) is 7.65. The summed E-state index contributed by atoms with van der Waals surface area (Å²) in [5.74, 6) is -0.548. The summed E-state index contributed by atoms with van der Waals surface area (Å²) in [5, 5.41) is 16.4. The van der Waals surface area contributed by atoms with Crippen LogP contribution in [0.2, 0.25) is 0 Å². The Morgan fingerprint density at radius 1 is 1.07 bits per heavy atom. The summed E-state index contributed by atoms with van der Waals surface area (Å²) in [6.45, 7) is 4.38. The molecule has 0 saturated carbocycles. The number of rotatable bonds is 9. The number of aromatic carboxylic acids is 1. The summed E-state index contributed by atoms with van der Waals surface area (Å²) < 4.78 is 7.41. The summed E-state index contributed by atoms with van der Waals surface area (Å²) in [4.78, 5) is 31.3. The van der Waals surface area contributed by atoms with Gasteiger partial charge in [0.2, 0.25) is 5.91 Å². The van der Waals surface area contributed by atoms with Crippen LogP contribution >= 0.6 is 12.2 Å². The van der Waals surface area contributed by atoms with Gasteiger partial charge in [-0.15, -0.1) is 0 Å². The van der Waals surface area contributed by atoms with Gasteiger partial charge in [-0.25, -0.2) is 4.79 Å². The molecule has 0 radical (unpaired) electrons. The zero-order valence-corrected chi connectivity index (χ0v) is 23.8. The number of para-hydroxylation sites is 2. The van der Waals surface area contributed by atoms with Crippen molar-refractivity contribution in [3.05, 3.63) is 107 Å². The number of carbonyl (C=O) groups excluding carboxylic acids is 1. The van der Waals surface area contributed by atoms with Gasteiger partial charge in [-0.05, 0) is 80.2 Å². The standard InChI is InChI=1S/C31H31N5O4S/c1-19-17-23(20(2)36(19)22-10-8-9-21(18-22)30(38)39)29-28(25-12-6-7-15-32-25)34-31(41)35(29)16-14-27(37)33-24-11-4-5-13-26(24)40-3/h4-13,15,17-18,28-29H,14,16H2,1-3H3,(H,33,37)(H,34,41)(H,38,39)/t28-,29-/m1/s1. The Balaban J connectivity index is 1.48. The summed E-state index contributed by atoms with van der Waals surface area (Å²) in [6.07, 6.45) is 1.95. The molecule has 2 aromatic heterocycles. The molecule has 1 saturated heterocycles. The minimum Gasteiger partial charge on any atom is -0.495 e. The zero-order chi connectivity index (χ0) is 29.1. The number of pyridine rings is 1. The number of benzene rings is 2. The monoisotopic (exact) mass is 569 g/mol. The van der Waals surface area contributed by atoms with Gasteiger partial charge in [0.1, 0.15) is 5.75 Å². The van der Waals surface area contributed by atoms with Crippen LogP contribution < -0.4 is 15.4 Å². The number of anilines is 1. The molecule has 2 aromatic carbocycles. The van der Waals surface area contributed by atoms with E-state index in [9.17, 15) is 14.7 Å². The third-order valence-electron chi connectivity index (χ3n) is 7.30. The summed E-state index contributed by atoms with van der Waals surface area (Å²) >= 11 is 5.80. The first kappa shape index (κ1) is 27.9. The molecule has 1 aliphatic rings. The largest absolute Gasteiger partial charge is 0.495 e. The Labute approximate surface area is 243 Å². The number of nitrogens with one attached hydrogen (secondary N) is 2. The molecule has 3 heterocycles. The predicted molar refractivity (Wildman–Crippen MR) is 161 cm³/mol. The van der Waals surface area contributed by atoms with E-state index in [2.05, 4.69) is 21.7 Å². The third kappa shape index (κ3) is 5.64. The highest BCUT2D eigenvalue weighted by Crippen LogP contribution is 2.41. The minimum atomic E-state index is -0.979. The molecule has 1 fully saturated rings. The maximum Gasteiger partial charge on any atom is 0.335 e. The molecule has 2 atom stereocenters. The lowest BCUT2D eigenvalue weighted by molar-refractivity contribution is -0.116. The molecule has 0 unspecified atom stereocenters. The Bertz CT molecular complexity index is 1600. The van der Waals surface area contributed by atoms with Gasteiger partial charge in [-0.3, -0.25) is 9.78 Å². The molecule has 3 N–H and O–H groups in total. The highest BCUT2D eigenvalue weighted by atomic mass is 32.1. The molecule has 0 spiro atoms. The van der Waals surface area contributed by atoms with Gasteiger partial charge >= 0.3 is 5.97 Å². The number of carboxylic acids is 1. The first-order valence-corrected chi connectivity index (χ1v) is 13.6. The fraction of sp³-hybridized carbons (Fsp3) is 0.226. The Morgan fingerprint density at radius 2 is 1.85 bits per heavy atom. The van der Waals surface area contributed by atoms with Crippen molar-refractivity contribution in [1.29, 1.82) is 0 Å². The van der Waals surface area contributed by atoms with E-state index in [1.807, 2.05) is 59.7 Å². The molecule has 1 amide bonds. The fourth-order valence-corrected chi connectivity index (χ4v) is 5.76. The number of thiocarbonyl (C=S) groups is 1. The van der Waals surface area contributed by atoms with Crippen molar-refractivity contribution >= 4 is 34.9 Å². The van der Waals surface area contributed by atoms with Crippen molar-refractivity contribution in [3.8, 4) is 11.4 Å². The van der Waals surface area contributed by atoms with Crippen LogP contribution in [0.4, 0.5) is 5.69 Å². The van der Waals surface area contributed by atoms with E-state index < -0.39 is 5.97 Å². The smallest absolute Gasteiger partial charge is 0.335 e. The molecule has 4 aromatic rings. The number of ether oxygens (including phenoxy) is 1. The zero-order valence-electron chi connectivity index (χ0n) is 23.0. The normalized spacial score (nSPS) is 16.4. The van der Waals surface area contributed by atoms with Gasteiger partial charge in [-0.1, -0.05) is 24.3 Å². The summed E-state index contributed by atoms with van der Waals surface area (Å²) in [6, 6.07) is 21.5. The lowest BCUT2D eigenvalue weighted by Crippen LogP contribution is -2.33. The quantitative estimate of drug-likeness (QED) is 0.236. The second-order valence-electron chi connectivity index (χ2n) is 9.84. The molecular weight excluding hydrogens is 538 g/mol. The number of nitrogens with zero attached hydrogens (tertiary/aromatic N) is 3. The lowest BCUT2D eigenvalue weighted by Gasteiger charge is -2.28. The number of carboxylic acid groups (broad SMARTS) is 1. The molecule has 5 rings (SSSR count). The molecule has 9 nitrogen and oxygen atoms in total. The number of hydrogen-bond donors (Lipinski definition) is 3. The molecular formula is C31H31N5O4S. The maximum atomic E-state index is 13.0. The highest BCUT2D eigenvalue weighted by molar-refractivity contribution is 7.80. The minimum absolute atomic E-state index is 0.159. The highest BCUT2D eigenvalue weighted by Gasteiger charge is 2.41. The molecule has 0 aliphatic carbocycles. The first-order chi connectivity index (χ1) is 19.8. The fourth-order valence-electron chi connectivity index (χ4n) is 5.43. The summed E-state index contributed by atoms with van der Waals surface area (Å²) in [5.41, 5.74) is 5.33. The van der Waals surface area contributed by atoms with Crippen LogP contribution in [0, 0.1) is 13.8 Å². The van der Waals surface area contributed by atoms with E-state index in [0.717, 1.165) is 28.3 Å². The molecule has 1 aliphatic heterocycles. The van der Waals surface area contributed by atoms with Crippen molar-refractivity contribution < 1.29 is 19.4 Å². The van der Waals surface area contributed by atoms with E-state index >= 15 is 0 Å². The van der Waals surface area contributed by atoms with Crippen molar-refractivity contribution in [2.24, 2.45) is 0 Å². The average molecular weight is 570 g/mol. The topological polar surface area (TPSA) is 109 Å². The predicted octanol–water partition coefficient (Wildman–Crippen LogP) is 5.20. The van der Waals surface area contributed by atoms with Gasteiger partial charge in [0.15, 0.2) is 5.11 Å². The number of methoxy groups -OCH3 is 1. The van der Waals surface area contributed by atoms with E-state index in [-0.39, 0.29) is 30.0 Å². The number of aromatic nitrogens is 2. The maximum absolute atomic E-state index is 13.0. The van der Waals surface area contributed by atoms with Crippen LogP contribution in [0.25, 0.3) is 5.69 Å². The molecule has 0 bridgehead atoms. The molecule has 210 valence electrons. The van der Waals surface area contributed by atoms with E-state index in [1.165, 1.54) is 0 Å². The van der Waals surface area contributed by atoms with Crippen molar-refractivity contribution in [2.45, 2.75) is 32.4 Å². The average Bonchev–Trinajstić information content (AvgIpc) is 3.46. The van der Waals surface area contributed by atoms with Gasteiger partial charge in [0, 0.05) is 36.2 Å². The Hall–Kier alpha value is -4.70. The second kappa shape index (κ2) is 11.8. The van der Waals surface area contributed by atoms with E-state index in [1.54, 1.807) is 43.6 Å². The lowest BCUT2D eigenvalue weighted by atomic mass is 9.96. The van der Waals surface area contributed by atoms with Crippen LogP contribution in [0.15, 0.2) is 79.0 Å². The Kier molecular flexibility index (Phi) is 8.02. The van der Waals surface area contributed by atoms with Crippen LogP contribution in [-0.2, 0) is 4.79 Å². The second-order valence-corrected chi connectivity index (χ2v) is 10.2. The molecule has 10 heteroatoms. The SMILES string of the molecule is COc1ccccc1NC(=O)CCN1C(=S)N[C@H](c2ccccn2)[C@H]1c1cc(C)n(-c2cccc(C(=O)O)c2)c1C. The number of carbonyl (C=O) groups is 2. The van der Waals surface area contributed by atoms with Gasteiger partial charge in [-0.2, -0.15) is 0 Å². The van der Waals surface area contributed by atoms with Gasteiger partial charge in [0.05, 0.1) is 36.1 Å². The number of amides is 1. The van der Waals surface area contributed by atoms with E-state index in [0.29, 0.717) is 23.1 Å². The van der Waals surface area contributed by atoms with Crippen molar-refractivity contribution in [3.63, 3.8) is 0 Å². The van der Waals surface area contributed by atoms with Crippen molar-refractivity contribution in [2.75, 3.05) is 19.0 Å². The van der Waals surface area contributed by atoms with Crippen molar-refractivity contribution in [1.82, 2.24) is 19.8 Å². The van der Waals surface area contributed by atoms with Crippen LogP contribution in [0.3, 0.4) is 0 Å². The van der Waals surface area contributed by atoms with Gasteiger partial charge in [0.25, 0.3) is 0 Å². The molecule has 41 heavy (non-hydrogen) atoms. The Morgan fingerprint density at radius 3 is 2.59 bits per heavy atom. The van der Waals surface area contributed by atoms with Crippen LogP contribution in [0.1, 0.15) is 51.5 Å². The number of aryl methyl sites for hydroxylation is 1. The van der Waals surface area contributed by atoms with E-state index in [4.69, 9.17) is 17.0 Å².